The Morgan fingerprint density at radius 1 is 1.50 bits per heavy atom. The summed E-state index contributed by atoms with van der Waals surface area (Å²) < 4.78 is 0. The molecule has 0 aromatic carbocycles. The number of hydrogen-bond donors (Lipinski definition) is 1. The summed E-state index contributed by atoms with van der Waals surface area (Å²) in [5.74, 6) is 0. The fourth-order valence-electron chi connectivity index (χ4n) is 0. The third-order valence-electron chi connectivity index (χ3n) is 0. The average molecular weight is 63.1 g/mol. The molecule has 4 heavy (non-hydrogen) atoms. The monoisotopic (exact) mass is 63.1 g/mol. The molecule has 0 heterocycles. The van der Waals surface area contributed by atoms with E-state index in [1.807, 2.05) is 0 Å². The maximum Gasteiger partial charge on any atom is 0 e. The molecule has 3 N–H and O–H groups in total. The van der Waals surface area contributed by atoms with E-state index in [0.717, 1.165) is 0 Å². The van der Waals surface area contributed by atoms with Crippen molar-refractivity contribution in [1.82, 2.24) is 6.15 Å². The summed E-state index contributed by atoms with van der Waals surface area (Å²) in [5, 5.41) is 0. The van der Waals surface area contributed by atoms with Crippen molar-refractivity contribution in [3.8, 4) is 0 Å². The van der Waals surface area contributed by atoms with E-state index in [-0.39, 0.29) is 7.58 Å². The molecule has 1 heteroatoms. The van der Waals surface area contributed by atoms with Gasteiger partial charge in [0.15, 0.2) is 0 Å². The van der Waals surface area contributed by atoms with Gasteiger partial charge in [-0.2, -0.15) is 0 Å². The Morgan fingerprint density at radius 2 is 1.50 bits per heavy atom. The largest absolute Gasteiger partial charge is 0.344 e. The van der Waals surface area contributed by atoms with Crippen molar-refractivity contribution >= 4 is 0 Å². The molecular weight excluding hydrogens is 50.0 g/mol. The molecule has 0 radical (unpaired) electrons. The lowest BCUT2D eigenvalue weighted by Gasteiger charge is -1.48. The third kappa shape index (κ3) is 1130. The van der Waals surface area contributed by atoms with Crippen LogP contribution in [0.4, 0.5) is 0 Å². The van der Waals surface area contributed by atoms with Crippen LogP contribution in [-0.4, -0.2) is 0 Å². The smallest absolute Gasteiger partial charge is 0 e. The first-order chi connectivity index (χ1) is 1.41. The van der Waals surface area contributed by atoms with Crippen LogP contribution in [0.25, 0.3) is 0 Å². The first kappa shape index (κ1) is 9.03. The molecule has 0 amide bonds. The lowest BCUT2D eigenvalue weighted by atomic mass is 10.6. The molecule has 0 aromatic rings. The van der Waals surface area contributed by atoms with Gasteiger partial charge in [-0.15, -0.1) is 0 Å². The minimum Gasteiger partial charge on any atom is -0.344 e. The average Bonchev–Trinajstić information content (AvgIpc) is 0.918. The highest BCUT2D eigenvalue weighted by atomic mass is 14.0. The van der Waals surface area contributed by atoms with E-state index in [2.05, 4.69) is 13.8 Å². The minimum absolute atomic E-state index is 0. The normalized spacial score (nSPS) is 4.50. The van der Waals surface area contributed by atoms with Gasteiger partial charge in [0.05, 0.1) is 0 Å². The zero-order chi connectivity index (χ0) is 2.71. The van der Waals surface area contributed by atoms with Crippen molar-refractivity contribution in [2.75, 3.05) is 0 Å². The number of rotatable bonds is 0. The molecular formula is C3H13N. The standard InChI is InChI=1S/C3H8.H3N.H2/c1-3-2;;/h3H2,1-2H3;1H3;1H. The first-order valence-corrected chi connectivity index (χ1v) is 1.41. The van der Waals surface area contributed by atoms with Crippen LogP contribution >= 0.6 is 0 Å². The topological polar surface area (TPSA) is 35.0 Å². The van der Waals surface area contributed by atoms with Gasteiger partial charge in [-0.25, -0.2) is 0 Å². The highest BCUT2D eigenvalue weighted by Gasteiger charge is 1.35. The van der Waals surface area contributed by atoms with Crippen LogP contribution in [0.1, 0.15) is 21.7 Å². The predicted octanol–water partition coefficient (Wildman–Crippen LogP) is 1.82. The molecule has 0 aromatic heterocycles. The minimum atomic E-state index is 0. The quantitative estimate of drug-likeness (QED) is 0.457. The molecule has 0 spiro atoms. The fourth-order valence-corrected chi connectivity index (χ4v) is 0. The Hall–Kier alpha value is -0.0400. The molecule has 0 saturated carbocycles. The highest BCUT2D eigenvalue weighted by molar-refractivity contribution is 3.92. The lowest BCUT2D eigenvalue weighted by molar-refractivity contribution is 1.09. The zero-order valence-electron chi connectivity index (χ0n) is 3.41. The van der Waals surface area contributed by atoms with Gasteiger partial charge in [0.25, 0.3) is 0 Å². The molecule has 0 saturated heterocycles. The van der Waals surface area contributed by atoms with Crippen molar-refractivity contribution < 1.29 is 1.43 Å². The maximum absolute atomic E-state index is 2.12. The summed E-state index contributed by atoms with van der Waals surface area (Å²) in [6.45, 7) is 4.25. The maximum atomic E-state index is 2.12. The van der Waals surface area contributed by atoms with Gasteiger partial charge in [-0.05, 0) is 0 Å². The van der Waals surface area contributed by atoms with E-state index in [4.69, 9.17) is 0 Å². The fraction of sp³-hybridized carbons (Fsp3) is 1.00. The van der Waals surface area contributed by atoms with Crippen LogP contribution in [0.2, 0.25) is 0 Å². The van der Waals surface area contributed by atoms with Crippen molar-refractivity contribution in [2.24, 2.45) is 0 Å². The molecule has 30 valence electrons. The Balaban J connectivity index is -0.0000000200. The van der Waals surface area contributed by atoms with E-state index in [9.17, 15) is 0 Å². The summed E-state index contributed by atoms with van der Waals surface area (Å²) in [4.78, 5) is 0. The van der Waals surface area contributed by atoms with Crippen molar-refractivity contribution in [3.05, 3.63) is 0 Å². The molecule has 0 atom stereocenters. The lowest BCUT2D eigenvalue weighted by Crippen LogP contribution is -1.27. The van der Waals surface area contributed by atoms with Gasteiger partial charge >= 0.3 is 0 Å². The summed E-state index contributed by atoms with van der Waals surface area (Å²) in [6.07, 6.45) is 1.25. The summed E-state index contributed by atoms with van der Waals surface area (Å²) in [7, 11) is 0. The van der Waals surface area contributed by atoms with E-state index in [1.165, 1.54) is 6.42 Å². The Labute approximate surface area is 29.1 Å². The van der Waals surface area contributed by atoms with Gasteiger partial charge in [-0.3, -0.25) is 0 Å². The van der Waals surface area contributed by atoms with E-state index in [0.29, 0.717) is 0 Å². The van der Waals surface area contributed by atoms with E-state index in [1.54, 1.807) is 0 Å². The second kappa shape index (κ2) is 12.3. The molecule has 0 aliphatic heterocycles. The molecule has 0 unspecified atom stereocenters. The van der Waals surface area contributed by atoms with Crippen molar-refractivity contribution in [2.45, 2.75) is 20.3 Å². The zero-order valence-corrected chi connectivity index (χ0v) is 3.41. The van der Waals surface area contributed by atoms with Crippen LogP contribution in [0.3, 0.4) is 0 Å². The SMILES string of the molecule is CCC.N.[HH]. The Bertz CT molecular complexity index is 6.85. The van der Waals surface area contributed by atoms with Crippen LogP contribution < -0.4 is 6.15 Å². The van der Waals surface area contributed by atoms with Gasteiger partial charge in [0.2, 0.25) is 0 Å². The number of hydrogen-bond acceptors (Lipinski definition) is 1. The second-order valence-corrected chi connectivity index (χ2v) is 0.707. The Kier molecular flexibility index (Phi) is 27.9. The third-order valence-corrected chi connectivity index (χ3v) is 0. The van der Waals surface area contributed by atoms with Crippen LogP contribution in [-0.2, 0) is 0 Å². The van der Waals surface area contributed by atoms with E-state index >= 15 is 0 Å². The molecule has 0 bridgehead atoms. The molecule has 1 nitrogen and oxygen atoms in total. The molecule has 0 rings (SSSR count). The predicted molar refractivity (Wildman–Crippen MR) is 23.1 cm³/mol. The Morgan fingerprint density at radius 3 is 1.50 bits per heavy atom. The summed E-state index contributed by atoms with van der Waals surface area (Å²) >= 11 is 0. The van der Waals surface area contributed by atoms with E-state index < -0.39 is 0 Å². The summed E-state index contributed by atoms with van der Waals surface area (Å²) in [6, 6.07) is 0. The van der Waals surface area contributed by atoms with Crippen LogP contribution in [0.5, 0.6) is 0 Å². The van der Waals surface area contributed by atoms with Gasteiger partial charge in [0.1, 0.15) is 0 Å². The van der Waals surface area contributed by atoms with Crippen LogP contribution in [0, 0.1) is 0 Å². The van der Waals surface area contributed by atoms with Gasteiger partial charge < -0.3 is 6.15 Å². The van der Waals surface area contributed by atoms with Crippen molar-refractivity contribution in [3.63, 3.8) is 0 Å². The second-order valence-electron chi connectivity index (χ2n) is 0.707. The van der Waals surface area contributed by atoms with Crippen LogP contribution in [0.15, 0.2) is 0 Å². The first-order valence-electron chi connectivity index (χ1n) is 1.41. The highest BCUT2D eigenvalue weighted by Crippen LogP contribution is 1.56. The molecule has 0 aliphatic carbocycles. The molecule has 0 fully saturated rings. The molecule has 0 aliphatic rings. The van der Waals surface area contributed by atoms with Gasteiger partial charge in [-0.1, -0.05) is 20.3 Å². The van der Waals surface area contributed by atoms with Gasteiger partial charge in [0, 0.05) is 1.43 Å². The summed E-state index contributed by atoms with van der Waals surface area (Å²) in [5.41, 5.74) is 0. The van der Waals surface area contributed by atoms with Crippen molar-refractivity contribution in [1.29, 1.82) is 0 Å².